The SMILES string of the molecule is CN(C)CCNC(=O)c1[nH]c2cc(Cl)ccc2c1C(=O)N1CCC2(CC1)OC(=O)c1cc(F)ccc12. The molecule has 10 heteroatoms. The highest BCUT2D eigenvalue weighted by molar-refractivity contribution is 6.31. The third-order valence-electron chi connectivity index (χ3n) is 6.88. The van der Waals surface area contributed by atoms with Crippen molar-refractivity contribution < 1.29 is 23.5 Å². The van der Waals surface area contributed by atoms with Crippen LogP contribution in [0.1, 0.15) is 49.6 Å². The molecule has 2 aromatic carbocycles. The van der Waals surface area contributed by atoms with Gasteiger partial charge in [-0.05, 0) is 38.4 Å². The van der Waals surface area contributed by atoms with Crippen LogP contribution in [0.5, 0.6) is 0 Å². The normalized spacial score (nSPS) is 16.5. The summed E-state index contributed by atoms with van der Waals surface area (Å²) in [5, 5.41) is 3.95. The average molecular weight is 513 g/mol. The highest BCUT2D eigenvalue weighted by Crippen LogP contribution is 2.44. The van der Waals surface area contributed by atoms with E-state index >= 15 is 0 Å². The minimum absolute atomic E-state index is 0.185. The van der Waals surface area contributed by atoms with Crippen LogP contribution in [0, 0.1) is 5.82 Å². The molecule has 1 saturated heterocycles. The largest absolute Gasteiger partial charge is 0.450 e. The number of halogens is 2. The van der Waals surface area contributed by atoms with Gasteiger partial charge >= 0.3 is 5.97 Å². The van der Waals surface area contributed by atoms with E-state index < -0.39 is 17.4 Å². The van der Waals surface area contributed by atoms with Gasteiger partial charge in [-0.3, -0.25) is 9.59 Å². The van der Waals surface area contributed by atoms with Gasteiger partial charge in [0.15, 0.2) is 0 Å². The number of likely N-dealkylation sites (tertiary alicyclic amines) is 1. The van der Waals surface area contributed by atoms with Gasteiger partial charge in [0.1, 0.15) is 17.1 Å². The van der Waals surface area contributed by atoms with Gasteiger partial charge in [0.05, 0.1) is 11.1 Å². The van der Waals surface area contributed by atoms with Gasteiger partial charge in [0.2, 0.25) is 0 Å². The molecule has 0 atom stereocenters. The van der Waals surface area contributed by atoms with Crippen LogP contribution in [0.15, 0.2) is 36.4 Å². The van der Waals surface area contributed by atoms with Gasteiger partial charge in [-0.1, -0.05) is 23.7 Å². The molecular weight excluding hydrogens is 487 g/mol. The summed E-state index contributed by atoms with van der Waals surface area (Å²) in [5.74, 6) is -1.71. The Bertz CT molecular complexity index is 1380. The fourth-order valence-corrected chi connectivity index (χ4v) is 5.19. The molecule has 0 radical (unpaired) electrons. The lowest BCUT2D eigenvalue weighted by Crippen LogP contribution is -2.45. The Hall–Kier alpha value is -3.43. The Morgan fingerprint density at radius 2 is 1.94 bits per heavy atom. The minimum atomic E-state index is -0.878. The summed E-state index contributed by atoms with van der Waals surface area (Å²) >= 11 is 6.15. The van der Waals surface area contributed by atoms with Crippen molar-refractivity contribution in [1.29, 1.82) is 0 Å². The third kappa shape index (κ3) is 4.22. The number of carbonyl (C=O) groups is 3. The molecule has 0 unspecified atom stereocenters. The molecule has 3 aromatic rings. The first-order valence-electron chi connectivity index (χ1n) is 11.8. The molecule has 3 heterocycles. The summed E-state index contributed by atoms with van der Waals surface area (Å²) in [6, 6.07) is 9.20. The second kappa shape index (κ2) is 9.22. The van der Waals surface area contributed by atoms with E-state index in [9.17, 15) is 18.8 Å². The van der Waals surface area contributed by atoms with E-state index in [2.05, 4.69) is 10.3 Å². The number of hydrogen-bond donors (Lipinski definition) is 2. The van der Waals surface area contributed by atoms with E-state index in [0.29, 0.717) is 60.5 Å². The number of benzene rings is 2. The fourth-order valence-electron chi connectivity index (χ4n) is 5.01. The van der Waals surface area contributed by atoms with Gasteiger partial charge in [-0.15, -0.1) is 0 Å². The van der Waals surface area contributed by atoms with E-state index in [1.54, 1.807) is 29.2 Å². The van der Waals surface area contributed by atoms with E-state index in [4.69, 9.17) is 16.3 Å². The quantitative estimate of drug-likeness (QED) is 0.510. The summed E-state index contributed by atoms with van der Waals surface area (Å²) < 4.78 is 19.4. The molecule has 2 amide bonds. The standard InChI is InChI=1S/C26H26ClFN4O4/c1-31(2)12-9-29-23(33)22-21(17-5-3-15(27)13-20(17)30-22)24(34)32-10-7-26(8-11-32)19-6-4-16(28)14-18(19)25(35)36-26/h3-6,13-14,30H,7-12H2,1-2H3,(H,29,33). The van der Waals surface area contributed by atoms with Crippen LogP contribution in [0.2, 0.25) is 5.02 Å². The number of amides is 2. The van der Waals surface area contributed by atoms with Crippen LogP contribution in [-0.2, 0) is 10.3 Å². The van der Waals surface area contributed by atoms with Crippen LogP contribution in [0.25, 0.3) is 10.9 Å². The summed E-state index contributed by atoms with van der Waals surface area (Å²) in [4.78, 5) is 45.9. The third-order valence-corrected chi connectivity index (χ3v) is 7.12. The number of nitrogens with one attached hydrogen (secondary N) is 2. The van der Waals surface area contributed by atoms with Crippen molar-refractivity contribution in [1.82, 2.24) is 20.1 Å². The first-order chi connectivity index (χ1) is 17.2. The van der Waals surface area contributed by atoms with Crippen LogP contribution in [-0.4, -0.2) is 72.8 Å². The van der Waals surface area contributed by atoms with Crippen molar-refractivity contribution >= 4 is 40.3 Å². The second-order valence-electron chi connectivity index (χ2n) is 9.49. The number of aromatic amines is 1. The first kappa shape index (κ1) is 24.3. The van der Waals surface area contributed by atoms with Crippen LogP contribution >= 0.6 is 11.6 Å². The molecule has 8 nitrogen and oxygen atoms in total. The zero-order valence-electron chi connectivity index (χ0n) is 20.0. The van der Waals surface area contributed by atoms with E-state index in [-0.39, 0.29) is 28.6 Å². The van der Waals surface area contributed by atoms with Crippen molar-refractivity contribution in [2.45, 2.75) is 18.4 Å². The Labute approximate surface area is 212 Å². The predicted molar refractivity (Wildman–Crippen MR) is 133 cm³/mol. The first-order valence-corrected chi connectivity index (χ1v) is 12.1. The van der Waals surface area contributed by atoms with E-state index in [1.807, 2.05) is 19.0 Å². The number of esters is 1. The number of piperidine rings is 1. The molecule has 1 spiro atoms. The molecule has 188 valence electrons. The molecule has 1 aromatic heterocycles. The zero-order valence-corrected chi connectivity index (χ0v) is 20.7. The lowest BCUT2D eigenvalue weighted by atomic mass is 9.83. The maximum Gasteiger partial charge on any atom is 0.339 e. The highest BCUT2D eigenvalue weighted by atomic mass is 35.5. The van der Waals surface area contributed by atoms with E-state index in [0.717, 1.165) is 0 Å². The lowest BCUT2D eigenvalue weighted by molar-refractivity contribution is -0.0389. The summed E-state index contributed by atoms with van der Waals surface area (Å²) in [6.07, 6.45) is 0.753. The van der Waals surface area contributed by atoms with Gasteiger partial charge in [0.25, 0.3) is 11.8 Å². The van der Waals surface area contributed by atoms with Crippen molar-refractivity contribution in [3.05, 3.63) is 69.6 Å². The second-order valence-corrected chi connectivity index (χ2v) is 9.93. The number of aromatic nitrogens is 1. The van der Waals surface area contributed by atoms with Gasteiger partial charge < -0.3 is 24.8 Å². The fraction of sp³-hybridized carbons (Fsp3) is 0.346. The number of H-pyrrole nitrogens is 1. The van der Waals surface area contributed by atoms with Gasteiger partial charge in [-0.25, -0.2) is 9.18 Å². The number of rotatable bonds is 5. The Balaban J connectivity index is 1.41. The number of ether oxygens (including phenoxy) is 1. The number of nitrogens with zero attached hydrogens (tertiary/aromatic N) is 2. The van der Waals surface area contributed by atoms with Crippen molar-refractivity contribution in [3.63, 3.8) is 0 Å². The molecule has 0 saturated carbocycles. The average Bonchev–Trinajstić information content (AvgIpc) is 3.33. The summed E-state index contributed by atoms with van der Waals surface area (Å²) in [6.45, 7) is 1.70. The maximum absolute atomic E-state index is 13.8. The van der Waals surface area contributed by atoms with Crippen molar-refractivity contribution in [2.24, 2.45) is 0 Å². The maximum atomic E-state index is 13.8. The molecule has 36 heavy (non-hydrogen) atoms. The van der Waals surface area contributed by atoms with Crippen molar-refractivity contribution in [2.75, 3.05) is 40.3 Å². The smallest absolute Gasteiger partial charge is 0.339 e. The molecule has 2 aliphatic heterocycles. The topological polar surface area (TPSA) is 94.7 Å². The number of carbonyl (C=O) groups excluding carboxylic acids is 3. The molecule has 0 bridgehead atoms. The summed E-state index contributed by atoms with van der Waals surface area (Å²) in [5.41, 5.74) is 1.08. The van der Waals surface area contributed by atoms with E-state index in [1.165, 1.54) is 12.1 Å². The number of hydrogen-bond acceptors (Lipinski definition) is 5. The van der Waals surface area contributed by atoms with Crippen LogP contribution in [0.4, 0.5) is 4.39 Å². The Morgan fingerprint density at radius 3 is 2.67 bits per heavy atom. The zero-order chi connectivity index (χ0) is 25.6. The van der Waals surface area contributed by atoms with Crippen LogP contribution < -0.4 is 5.32 Å². The Morgan fingerprint density at radius 1 is 1.19 bits per heavy atom. The summed E-state index contributed by atoms with van der Waals surface area (Å²) in [7, 11) is 3.82. The van der Waals surface area contributed by atoms with Crippen molar-refractivity contribution in [3.8, 4) is 0 Å². The molecule has 5 rings (SSSR count). The minimum Gasteiger partial charge on any atom is -0.450 e. The molecule has 0 aliphatic carbocycles. The number of likely N-dealkylation sites (N-methyl/N-ethyl adjacent to an activating group) is 1. The lowest BCUT2D eigenvalue weighted by Gasteiger charge is -2.38. The number of fused-ring (bicyclic) bond motifs is 3. The van der Waals surface area contributed by atoms with Gasteiger partial charge in [-0.2, -0.15) is 0 Å². The predicted octanol–water partition coefficient (Wildman–Crippen LogP) is 3.55. The molecule has 2 aliphatic rings. The monoisotopic (exact) mass is 512 g/mol. The van der Waals surface area contributed by atoms with Crippen LogP contribution in [0.3, 0.4) is 0 Å². The molecule has 2 N–H and O–H groups in total. The highest BCUT2D eigenvalue weighted by Gasteiger charge is 2.48. The molecular formula is C26H26ClFN4O4. The Kier molecular flexibility index (Phi) is 6.22. The van der Waals surface area contributed by atoms with Gasteiger partial charge in [0, 0.05) is 60.5 Å². The molecule has 1 fully saturated rings.